The third-order valence-electron chi connectivity index (χ3n) is 5.01. The summed E-state index contributed by atoms with van der Waals surface area (Å²) in [5.41, 5.74) is 2.18. The molecule has 3 aromatic carbocycles. The number of nitrogens with zero attached hydrogens (tertiary/aromatic N) is 1. The molecule has 0 atom stereocenters. The van der Waals surface area contributed by atoms with E-state index in [2.05, 4.69) is 5.32 Å². The predicted octanol–water partition coefficient (Wildman–Crippen LogP) is 5.58. The Hall–Kier alpha value is -3.51. The van der Waals surface area contributed by atoms with E-state index in [-0.39, 0.29) is 17.0 Å². The lowest BCUT2D eigenvalue weighted by molar-refractivity contribution is -0.120. The molecule has 7 heteroatoms. The number of hydrogen-bond donors (Lipinski definition) is 1. The van der Waals surface area contributed by atoms with Crippen LogP contribution in [-0.2, 0) is 16.0 Å². The Morgan fingerprint density at radius 2 is 1.55 bits per heavy atom. The molecule has 0 radical (unpaired) electrons. The summed E-state index contributed by atoms with van der Waals surface area (Å²) >= 11 is 5.96. The molecule has 0 unspecified atom stereocenters. The van der Waals surface area contributed by atoms with Gasteiger partial charge in [-0.1, -0.05) is 42.8 Å². The fraction of sp³-hybridized carbons (Fsp3) is 0.0833. The van der Waals surface area contributed by atoms with Crippen molar-refractivity contribution < 1.29 is 18.4 Å². The van der Waals surface area contributed by atoms with Gasteiger partial charge in [0.1, 0.15) is 5.70 Å². The Bertz CT molecular complexity index is 1210. The van der Waals surface area contributed by atoms with Crippen molar-refractivity contribution in [1.29, 1.82) is 0 Å². The van der Waals surface area contributed by atoms with Gasteiger partial charge in [-0.25, -0.2) is 13.7 Å². The maximum atomic E-state index is 13.7. The van der Waals surface area contributed by atoms with Crippen molar-refractivity contribution in [3.8, 4) is 0 Å². The first-order valence-electron chi connectivity index (χ1n) is 9.59. The lowest BCUT2D eigenvalue weighted by atomic mass is 10.0. The minimum absolute atomic E-state index is 0.0297. The van der Waals surface area contributed by atoms with E-state index in [9.17, 15) is 18.4 Å². The molecule has 0 fully saturated rings. The summed E-state index contributed by atoms with van der Waals surface area (Å²) in [6.07, 6.45) is 0.819. The van der Waals surface area contributed by atoms with Crippen LogP contribution >= 0.6 is 11.6 Å². The summed E-state index contributed by atoms with van der Waals surface area (Å²) in [7, 11) is 0. The van der Waals surface area contributed by atoms with E-state index in [4.69, 9.17) is 11.6 Å². The minimum atomic E-state index is -1.07. The van der Waals surface area contributed by atoms with Crippen molar-refractivity contribution in [2.75, 3.05) is 10.2 Å². The fourth-order valence-corrected chi connectivity index (χ4v) is 3.49. The molecule has 31 heavy (non-hydrogen) atoms. The molecule has 156 valence electrons. The molecule has 3 aromatic rings. The van der Waals surface area contributed by atoms with Crippen molar-refractivity contribution in [3.05, 3.63) is 100 Å². The number of nitrogens with one attached hydrogen (secondary N) is 1. The van der Waals surface area contributed by atoms with Crippen LogP contribution in [-0.4, -0.2) is 11.8 Å². The number of aryl methyl sites for hydroxylation is 1. The monoisotopic (exact) mass is 438 g/mol. The summed E-state index contributed by atoms with van der Waals surface area (Å²) in [5.74, 6) is -3.20. The minimum Gasteiger partial charge on any atom is -0.350 e. The molecular formula is C24H17ClF2N2O2. The standard InChI is InChI=1S/C24H17ClF2N2O2/c1-2-14-3-10-18(11-4-14)29-23(30)21(15-5-7-16(25)8-6-15)22(24(29)31)28-17-9-12-19(26)20(27)13-17/h3-13,28H,2H2,1H3. The Kier molecular flexibility index (Phi) is 5.57. The highest BCUT2D eigenvalue weighted by Gasteiger charge is 2.40. The zero-order valence-corrected chi connectivity index (χ0v) is 17.2. The van der Waals surface area contributed by atoms with Gasteiger partial charge in [0, 0.05) is 16.8 Å². The fourth-order valence-electron chi connectivity index (χ4n) is 3.36. The Morgan fingerprint density at radius 1 is 0.871 bits per heavy atom. The van der Waals surface area contributed by atoms with Crippen molar-refractivity contribution in [2.24, 2.45) is 0 Å². The van der Waals surface area contributed by atoms with Gasteiger partial charge in [0.2, 0.25) is 0 Å². The molecular weight excluding hydrogens is 422 g/mol. The Balaban J connectivity index is 1.80. The van der Waals surface area contributed by atoms with Crippen LogP contribution in [0, 0.1) is 11.6 Å². The van der Waals surface area contributed by atoms with Crippen LogP contribution < -0.4 is 10.2 Å². The van der Waals surface area contributed by atoms with E-state index >= 15 is 0 Å². The number of hydrogen-bond acceptors (Lipinski definition) is 3. The first-order valence-corrected chi connectivity index (χ1v) is 9.97. The topological polar surface area (TPSA) is 49.4 Å². The number of amides is 2. The molecule has 1 N–H and O–H groups in total. The zero-order chi connectivity index (χ0) is 22.1. The highest BCUT2D eigenvalue weighted by molar-refractivity contribution is 6.46. The van der Waals surface area contributed by atoms with Gasteiger partial charge in [-0.05, 0) is 53.9 Å². The average Bonchev–Trinajstić information content (AvgIpc) is 3.01. The van der Waals surface area contributed by atoms with Crippen LogP contribution in [0.5, 0.6) is 0 Å². The average molecular weight is 439 g/mol. The van der Waals surface area contributed by atoms with Crippen molar-refractivity contribution in [3.63, 3.8) is 0 Å². The first kappa shape index (κ1) is 20.8. The lowest BCUT2D eigenvalue weighted by Gasteiger charge is -2.16. The number of anilines is 2. The lowest BCUT2D eigenvalue weighted by Crippen LogP contribution is -2.32. The van der Waals surface area contributed by atoms with E-state index in [0.29, 0.717) is 16.3 Å². The quantitative estimate of drug-likeness (QED) is 0.529. The van der Waals surface area contributed by atoms with Gasteiger partial charge in [0.25, 0.3) is 11.8 Å². The summed E-state index contributed by atoms with van der Waals surface area (Å²) in [6, 6.07) is 16.7. The molecule has 4 rings (SSSR count). The summed E-state index contributed by atoms with van der Waals surface area (Å²) in [5, 5.41) is 3.28. The normalized spacial score (nSPS) is 13.9. The molecule has 1 heterocycles. The van der Waals surface area contributed by atoms with Gasteiger partial charge in [0.05, 0.1) is 11.3 Å². The summed E-state index contributed by atoms with van der Waals surface area (Å²) in [4.78, 5) is 27.6. The van der Waals surface area contributed by atoms with E-state index in [1.54, 1.807) is 36.4 Å². The van der Waals surface area contributed by atoms with E-state index in [1.165, 1.54) is 6.07 Å². The summed E-state index contributed by atoms with van der Waals surface area (Å²) < 4.78 is 27.0. The number of carbonyl (C=O) groups is 2. The van der Waals surface area contributed by atoms with Crippen LogP contribution in [0.4, 0.5) is 20.2 Å². The van der Waals surface area contributed by atoms with E-state index < -0.39 is 23.4 Å². The van der Waals surface area contributed by atoms with Gasteiger partial charge in [-0.2, -0.15) is 0 Å². The third-order valence-corrected chi connectivity index (χ3v) is 5.26. The Morgan fingerprint density at radius 3 is 2.16 bits per heavy atom. The smallest absolute Gasteiger partial charge is 0.282 e. The maximum Gasteiger partial charge on any atom is 0.282 e. The van der Waals surface area contributed by atoms with E-state index in [0.717, 1.165) is 29.0 Å². The molecule has 0 aromatic heterocycles. The highest BCUT2D eigenvalue weighted by Crippen LogP contribution is 2.34. The molecule has 0 saturated carbocycles. The van der Waals surface area contributed by atoms with Crippen LogP contribution in [0.25, 0.3) is 5.57 Å². The number of carbonyl (C=O) groups excluding carboxylic acids is 2. The first-order chi connectivity index (χ1) is 14.9. The molecule has 2 amide bonds. The maximum absolute atomic E-state index is 13.7. The third kappa shape index (κ3) is 3.94. The van der Waals surface area contributed by atoms with Gasteiger partial charge in [0.15, 0.2) is 11.6 Å². The summed E-state index contributed by atoms with van der Waals surface area (Å²) in [6.45, 7) is 2.01. The van der Waals surface area contributed by atoms with Gasteiger partial charge in [-0.3, -0.25) is 9.59 Å². The van der Waals surface area contributed by atoms with Gasteiger partial charge < -0.3 is 5.32 Å². The van der Waals surface area contributed by atoms with Crippen LogP contribution in [0.1, 0.15) is 18.1 Å². The number of imide groups is 1. The van der Waals surface area contributed by atoms with Crippen LogP contribution in [0.2, 0.25) is 5.02 Å². The largest absolute Gasteiger partial charge is 0.350 e. The van der Waals surface area contributed by atoms with Gasteiger partial charge in [-0.15, -0.1) is 0 Å². The molecule has 1 aliphatic heterocycles. The second kappa shape index (κ2) is 8.32. The van der Waals surface area contributed by atoms with Crippen molar-refractivity contribution >= 4 is 40.4 Å². The van der Waals surface area contributed by atoms with Crippen molar-refractivity contribution in [2.45, 2.75) is 13.3 Å². The van der Waals surface area contributed by atoms with Crippen LogP contribution in [0.15, 0.2) is 72.4 Å². The molecule has 0 saturated heterocycles. The van der Waals surface area contributed by atoms with Crippen LogP contribution in [0.3, 0.4) is 0 Å². The zero-order valence-electron chi connectivity index (χ0n) is 16.5. The Labute approximate surface area is 182 Å². The molecule has 0 aliphatic carbocycles. The SMILES string of the molecule is CCc1ccc(N2C(=O)C(Nc3ccc(F)c(F)c3)=C(c3ccc(Cl)cc3)C2=O)cc1. The number of rotatable bonds is 5. The van der Waals surface area contributed by atoms with E-state index in [1.807, 2.05) is 19.1 Å². The second-order valence-corrected chi connectivity index (χ2v) is 7.41. The molecule has 0 bridgehead atoms. The number of benzene rings is 3. The number of halogens is 3. The molecule has 0 spiro atoms. The van der Waals surface area contributed by atoms with Crippen molar-refractivity contribution in [1.82, 2.24) is 0 Å². The second-order valence-electron chi connectivity index (χ2n) is 6.98. The van der Waals surface area contributed by atoms with Gasteiger partial charge >= 0.3 is 0 Å². The predicted molar refractivity (Wildman–Crippen MR) is 117 cm³/mol. The molecule has 1 aliphatic rings. The highest BCUT2D eigenvalue weighted by atomic mass is 35.5. The molecule has 4 nitrogen and oxygen atoms in total.